The van der Waals surface area contributed by atoms with Gasteiger partial charge in [0.1, 0.15) is 0 Å². The fraction of sp³-hybridized carbons (Fsp3) is 0.348. The van der Waals surface area contributed by atoms with E-state index >= 15 is 0 Å². The van der Waals surface area contributed by atoms with Crippen LogP contribution in [-0.2, 0) is 21.4 Å². The monoisotopic (exact) mass is 461 g/mol. The van der Waals surface area contributed by atoms with E-state index in [9.17, 15) is 13.2 Å². The van der Waals surface area contributed by atoms with Gasteiger partial charge in [-0.3, -0.25) is 9.10 Å². The average molecular weight is 462 g/mol. The third-order valence-corrected chi connectivity index (χ3v) is 7.24. The summed E-state index contributed by atoms with van der Waals surface area (Å²) in [6, 6.07) is 14.7. The normalized spacial score (nSPS) is 15.7. The van der Waals surface area contributed by atoms with Crippen molar-refractivity contribution >= 4 is 39.3 Å². The molecule has 1 aliphatic rings. The molecule has 0 N–H and O–H groups in total. The molecule has 0 saturated carbocycles. The van der Waals surface area contributed by atoms with Crippen molar-refractivity contribution in [2.24, 2.45) is 0 Å². The maximum Gasteiger partial charge on any atom is 0.246 e. The van der Waals surface area contributed by atoms with E-state index in [0.717, 1.165) is 17.7 Å². The van der Waals surface area contributed by atoms with Crippen LogP contribution in [0.15, 0.2) is 54.6 Å². The van der Waals surface area contributed by atoms with Crippen molar-refractivity contribution < 1.29 is 13.2 Å². The van der Waals surface area contributed by atoms with E-state index in [1.54, 1.807) is 29.2 Å². The smallest absolute Gasteiger partial charge is 0.246 e. The third kappa shape index (κ3) is 6.56. The van der Waals surface area contributed by atoms with Crippen molar-refractivity contribution in [3.05, 3.63) is 70.8 Å². The van der Waals surface area contributed by atoms with Crippen molar-refractivity contribution in [1.29, 1.82) is 0 Å². The van der Waals surface area contributed by atoms with Crippen LogP contribution in [0.3, 0.4) is 0 Å². The summed E-state index contributed by atoms with van der Waals surface area (Å²) in [5.74, 6) is 0.113. The van der Waals surface area contributed by atoms with Crippen LogP contribution in [0.4, 0.5) is 5.69 Å². The number of amides is 1. The maximum absolute atomic E-state index is 12.9. The molecule has 1 heterocycles. The Morgan fingerprint density at radius 1 is 1.06 bits per heavy atom. The van der Waals surface area contributed by atoms with Gasteiger partial charge in [-0.05, 0) is 62.0 Å². The molecule has 0 atom stereocenters. The van der Waals surface area contributed by atoms with Crippen LogP contribution in [0, 0.1) is 0 Å². The zero-order valence-electron chi connectivity index (χ0n) is 17.9. The molecule has 0 spiro atoms. The molecular formula is C23H28ClN3O3S. The Labute approximate surface area is 189 Å². The second kappa shape index (κ2) is 10.3. The molecule has 1 fully saturated rings. The Kier molecular flexibility index (Phi) is 7.75. The van der Waals surface area contributed by atoms with E-state index in [0.29, 0.717) is 36.8 Å². The lowest BCUT2D eigenvalue weighted by molar-refractivity contribution is -0.126. The fourth-order valence-electron chi connectivity index (χ4n) is 3.35. The predicted octanol–water partition coefficient (Wildman–Crippen LogP) is 3.48. The Morgan fingerprint density at radius 2 is 1.74 bits per heavy atom. The number of halogens is 1. The van der Waals surface area contributed by atoms with E-state index in [2.05, 4.69) is 0 Å². The van der Waals surface area contributed by atoms with Crippen LogP contribution in [-0.4, -0.2) is 63.6 Å². The molecule has 0 aromatic heterocycles. The Bertz CT molecular complexity index is 1020. The molecule has 3 rings (SSSR count). The molecule has 2 aromatic rings. The first kappa shape index (κ1) is 23.3. The number of hydrogen-bond donors (Lipinski definition) is 0. The lowest BCUT2D eigenvalue weighted by atomic mass is 10.1. The number of carbonyl (C=O) groups is 1. The Morgan fingerprint density at radius 3 is 2.32 bits per heavy atom. The number of benzene rings is 2. The Balaban J connectivity index is 1.68. The molecule has 1 saturated heterocycles. The number of hydrogen-bond acceptors (Lipinski definition) is 4. The van der Waals surface area contributed by atoms with Gasteiger partial charge in [0.15, 0.2) is 0 Å². The van der Waals surface area contributed by atoms with E-state index < -0.39 is 10.0 Å². The van der Waals surface area contributed by atoms with Crippen LogP contribution in [0.5, 0.6) is 0 Å². The number of rotatable bonds is 8. The van der Waals surface area contributed by atoms with Gasteiger partial charge in [-0.2, -0.15) is 0 Å². The molecule has 6 nitrogen and oxygen atoms in total. The number of likely N-dealkylation sites (N-methyl/N-ethyl adjacent to an activating group) is 1. The van der Waals surface area contributed by atoms with Crippen LogP contribution in [0.1, 0.15) is 17.5 Å². The summed E-state index contributed by atoms with van der Waals surface area (Å²) in [6.07, 6.45) is 3.97. The van der Waals surface area contributed by atoms with Gasteiger partial charge in [0.05, 0.1) is 11.4 Å². The highest BCUT2D eigenvalue weighted by molar-refractivity contribution is 7.93. The highest BCUT2D eigenvalue weighted by Gasteiger charge is 2.28. The van der Waals surface area contributed by atoms with Gasteiger partial charge in [0.2, 0.25) is 15.9 Å². The fourth-order valence-corrected chi connectivity index (χ4v) is 5.04. The van der Waals surface area contributed by atoms with Crippen molar-refractivity contribution in [3.8, 4) is 0 Å². The quantitative estimate of drug-likeness (QED) is 0.564. The lowest BCUT2D eigenvalue weighted by Gasteiger charge is -2.23. The molecule has 0 bridgehead atoms. The van der Waals surface area contributed by atoms with Gasteiger partial charge in [-0.15, -0.1) is 0 Å². The van der Waals surface area contributed by atoms with Crippen LogP contribution in [0.2, 0.25) is 5.02 Å². The molecule has 2 aromatic carbocycles. The Hall–Kier alpha value is -2.35. The van der Waals surface area contributed by atoms with Crippen LogP contribution < -0.4 is 4.31 Å². The molecule has 0 radical (unpaired) electrons. The molecule has 0 aliphatic carbocycles. The largest absolute Gasteiger partial charge is 0.334 e. The summed E-state index contributed by atoms with van der Waals surface area (Å²) in [5, 5.41) is 0.667. The standard InChI is InChI=1S/C23H28ClN3O3S/c1-25(2)15-16-26(18-20-4-9-21(24)10-5-20)23(28)13-8-19-6-11-22(12-7-19)27-14-3-17-31(27,29)30/h4-13H,3,14-18H2,1-2H3/b13-8+. The number of nitrogens with zero attached hydrogens (tertiary/aromatic N) is 3. The first-order chi connectivity index (χ1) is 14.7. The van der Waals surface area contributed by atoms with Gasteiger partial charge in [0.25, 0.3) is 0 Å². The van der Waals surface area contributed by atoms with Gasteiger partial charge < -0.3 is 9.80 Å². The van der Waals surface area contributed by atoms with Crippen molar-refractivity contribution in [2.45, 2.75) is 13.0 Å². The number of sulfonamides is 1. The first-order valence-electron chi connectivity index (χ1n) is 10.2. The van der Waals surface area contributed by atoms with Crippen LogP contribution >= 0.6 is 11.6 Å². The SMILES string of the molecule is CN(C)CCN(Cc1ccc(Cl)cc1)C(=O)/C=C/c1ccc(N2CCCS2(=O)=O)cc1. The molecule has 8 heteroatoms. The maximum atomic E-state index is 12.9. The second-order valence-corrected chi connectivity index (χ2v) is 10.3. The first-order valence-corrected chi connectivity index (χ1v) is 12.2. The predicted molar refractivity (Wildman–Crippen MR) is 127 cm³/mol. The summed E-state index contributed by atoms with van der Waals surface area (Å²) in [6.45, 7) is 2.37. The zero-order valence-corrected chi connectivity index (χ0v) is 19.4. The lowest BCUT2D eigenvalue weighted by Crippen LogP contribution is -2.35. The summed E-state index contributed by atoms with van der Waals surface area (Å²) < 4.78 is 25.6. The van der Waals surface area contributed by atoms with Crippen LogP contribution in [0.25, 0.3) is 6.08 Å². The van der Waals surface area contributed by atoms with E-state index in [1.165, 1.54) is 4.31 Å². The molecule has 31 heavy (non-hydrogen) atoms. The van der Waals surface area contributed by atoms with E-state index in [-0.39, 0.29) is 11.7 Å². The topological polar surface area (TPSA) is 60.9 Å². The zero-order chi connectivity index (χ0) is 22.4. The number of carbonyl (C=O) groups excluding carboxylic acids is 1. The minimum Gasteiger partial charge on any atom is -0.334 e. The summed E-state index contributed by atoms with van der Waals surface area (Å²) in [4.78, 5) is 16.7. The highest BCUT2D eigenvalue weighted by atomic mass is 35.5. The van der Waals surface area contributed by atoms with Gasteiger partial charge in [-0.25, -0.2) is 8.42 Å². The van der Waals surface area contributed by atoms with Gasteiger partial charge >= 0.3 is 0 Å². The van der Waals surface area contributed by atoms with Crippen molar-refractivity contribution in [3.63, 3.8) is 0 Å². The van der Waals surface area contributed by atoms with E-state index in [1.807, 2.05) is 55.4 Å². The summed E-state index contributed by atoms with van der Waals surface area (Å²) in [7, 11) is 0.757. The molecular weight excluding hydrogens is 434 g/mol. The van der Waals surface area contributed by atoms with Gasteiger partial charge in [-0.1, -0.05) is 35.9 Å². The van der Waals surface area contributed by atoms with Gasteiger partial charge in [0, 0.05) is 37.3 Å². The molecule has 166 valence electrons. The van der Waals surface area contributed by atoms with Crippen molar-refractivity contribution in [1.82, 2.24) is 9.80 Å². The third-order valence-electron chi connectivity index (χ3n) is 5.11. The molecule has 1 aliphatic heterocycles. The average Bonchev–Trinajstić information content (AvgIpc) is 3.10. The van der Waals surface area contributed by atoms with Crippen molar-refractivity contribution in [2.75, 3.05) is 43.8 Å². The highest BCUT2D eigenvalue weighted by Crippen LogP contribution is 2.24. The molecule has 0 unspecified atom stereocenters. The summed E-state index contributed by atoms with van der Waals surface area (Å²) in [5.41, 5.74) is 2.52. The minimum absolute atomic E-state index is 0.0806. The number of anilines is 1. The van der Waals surface area contributed by atoms with E-state index in [4.69, 9.17) is 11.6 Å². The minimum atomic E-state index is -3.19. The summed E-state index contributed by atoms with van der Waals surface area (Å²) >= 11 is 5.96. The molecule has 1 amide bonds. The second-order valence-electron chi connectivity index (χ2n) is 7.86.